The van der Waals surface area contributed by atoms with Crippen LogP contribution in [-0.4, -0.2) is 21.9 Å². The summed E-state index contributed by atoms with van der Waals surface area (Å²) in [4.78, 5) is 26.1. The quantitative estimate of drug-likeness (QED) is 0.666. The van der Waals surface area contributed by atoms with Crippen LogP contribution in [0.5, 0.6) is 0 Å². The molecular formula is C21H17N3O3. The molecule has 2 heterocycles. The van der Waals surface area contributed by atoms with E-state index in [2.05, 4.69) is 10.2 Å². The second-order valence-electron chi connectivity index (χ2n) is 6.48. The van der Waals surface area contributed by atoms with E-state index in [1.807, 2.05) is 56.3 Å². The first kappa shape index (κ1) is 16.9. The molecule has 0 atom stereocenters. The normalized spacial score (nSPS) is 13.6. The number of rotatable bonds is 4. The third kappa shape index (κ3) is 3.17. The van der Waals surface area contributed by atoms with Crippen LogP contribution >= 0.6 is 0 Å². The van der Waals surface area contributed by atoms with Gasteiger partial charge in [0, 0.05) is 6.08 Å². The second kappa shape index (κ2) is 6.64. The predicted octanol–water partition coefficient (Wildman–Crippen LogP) is 3.59. The highest BCUT2D eigenvalue weighted by molar-refractivity contribution is 6.52. The van der Waals surface area contributed by atoms with Gasteiger partial charge in [-0.2, -0.15) is 0 Å². The van der Waals surface area contributed by atoms with Gasteiger partial charge in [0.2, 0.25) is 11.8 Å². The van der Waals surface area contributed by atoms with Gasteiger partial charge in [0.1, 0.15) is 6.54 Å². The molecule has 0 saturated heterocycles. The monoisotopic (exact) mass is 359 g/mol. The third-order valence-electron chi connectivity index (χ3n) is 4.39. The molecular weight excluding hydrogens is 342 g/mol. The average molecular weight is 359 g/mol. The molecule has 2 aromatic carbocycles. The van der Waals surface area contributed by atoms with Crippen molar-refractivity contribution in [2.24, 2.45) is 0 Å². The van der Waals surface area contributed by atoms with E-state index in [0.717, 1.165) is 16.7 Å². The van der Waals surface area contributed by atoms with Crippen molar-refractivity contribution >= 4 is 29.5 Å². The van der Waals surface area contributed by atoms with E-state index in [4.69, 9.17) is 4.42 Å². The Labute approximate surface area is 156 Å². The molecule has 0 fully saturated rings. The number of Topliss-reactive ketones (excluding diaryl/α,β-unsaturated/α-hetero) is 1. The number of hydrogen-bond acceptors (Lipinski definition) is 5. The van der Waals surface area contributed by atoms with Crippen molar-refractivity contribution in [2.75, 3.05) is 4.90 Å². The molecule has 0 spiro atoms. The number of ketones is 1. The molecule has 0 unspecified atom stereocenters. The molecule has 1 aliphatic rings. The Morgan fingerprint density at radius 2 is 1.81 bits per heavy atom. The van der Waals surface area contributed by atoms with Gasteiger partial charge in [0.25, 0.3) is 11.7 Å². The number of amides is 1. The van der Waals surface area contributed by atoms with Gasteiger partial charge in [-0.25, -0.2) is 0 Å². The Morgan fingerprint density at radius 1 is 1.04 bits per heavy atom. The molecule has 1 amide bonds. The lowest BCUT2D eigenvalue weighted by atomic mass is 10.0. The number of fused-ring (bicyclic) bond motifs is 1. The lowest BCUT2D eigenvalue weighted by Crippen LogP contribution is -2.29. The largest absolute Gasteiger partial charge is 0.419 e. The van der Waals surface area contributed by atoms with Crippen LogP contribution in [0.3, 0.4) is 0 Å². The molecule has 3 aromatic rings. The van der Waals surface area contributed by atoms with Crippen LogP contribution in [0, 0.1) is 13.8 Å². The fourth-order valence-corrected chi connectivity index (χ4v) is 3.25. The summed E-state index contributed by atoms with van der Waals surface area (Å²) in [7, 11) is 0. The third-order valence-corrected chi connectivity index (χ3v) is 4.39. The summed E-state index contributed by atoms with van der Waals surface area (Å²) < 4.78 is 5.62. The van der Waals surface area contributed by atoms with Gasteiger partial charge in [-0.3, -0.25) is 14.5 Å². The molecule has 1 aliphatic heterocycles. The van der Waals surface area contributed by atoms with Gasteiger partial charge in [0.15, 0.2) is 0 Å². The Balaban J connectivity index is 1.58. The maximum Gasteiger partial charge on any atom is 0.299 e. The SMILES string of the molecule is Cc1cc(C)c2c(c1)C(=O)C(=O)N2Cc1nnc(/C=C/c2ccccc2)o1. The van der Waals surface area contributed by atoms with Crippen molar-refractivity contribution in [3.63, 3.8) is 0 Å². The number of benzene rings is 2. The highest BCUT2D eigenvalue weighted by Crippen LogP contribution is 2.34. The molecule has 0 radical (unpaired) electrons. The number of anilines is 1. The van der Waals surface area contributed by atoms with Gasteiger partial charge < -0.3 is 4.42 Å². The van der Waals surface area contributed by atoms with E-state index >= 15 is 0 Å². The smallest absolute Gasteiger partial charge is 0.299 e. The molecule has 4 rings (SSSR count). The summed E-state index contributed by atoms with van der Waals surface area (Å²) >= 11 is 0. The van der Waals surface area contributed by atoms with Gasteiger partial charge in [-0.15, -0.1) is 10.2 Å². The van der Waals surface area contributed by atoms with Crippen LogP contribution in [0.2, 0.25) is 0 Å². The van der Waals surface area contributed by atoms with Crippen LogP contribution in [-0.2, 0) is 11.3 Å². The van der Waals surface area contributed by atoms with Gasteiger partial charge in [-0.1, -0.05) is 36.4 Å². The first-order valence-corrected chi connectivity index (χ1v) is 8.56. The Morgan fingerprint density at radius 3 is 2.59 bits per heavy atom. The van der Waals surface area contributed by atoms with Crippen molar-refractivity contribution in [3.05, 3.63) is 76.5 Å². The van der Waals surface area contributed by atoms with Crippen molar-refractivity contribution in [1.82, 2.24) is 10.2 Å². The molecule has 27 heavy (non-hydrogen) atoms. The lowest BCUT2D eigenvalue weighted by Gasteiger charge is -2.16. The maximum atomic E-state index is 12.4. The summed E-state index contributed by atoms with van der Waals surface area (Å²) in [5, 5.41) is 7.98. The second-order valence-corrected chi connectivity index (χ2v) is 6.48. The van der Waals surface area contributed by atoms with E-state index in [1.54, 1.807) is 12.1 Å². The average Bonchev–Trinajstić information content (AvgIpc) is 3.20. The van der Waals surface area contributed by atoms with Crippen molar-refractivity contribution < 1.29 is 14.0 Å². The van der Waals surface area contributed by atoms with Gasteiger partial charge in [0.05, 0.1) is 11.3 Å². The molecule has 134 valence electrons. The summed E-state index contributed by atoms with van der Waals surface area (Å²) in [5.41, 5.74) is 3.88. The zero-order valence-electron chi connectivity index (χ0n) is 15.0. The molecule has 6 heteroatoms. The van der Waals surface area contributed by atoms with E-state index in [0.29, 0.717) is 17.1 Å². The van der Waals surface area contributed by atoms with Crippen molar-refractivity contribution in [2.45, 2.75) is 20.4 Å². The number of nitrogens with zero attached hydrogens (tertiary/aromatic N) is 3. The fraction of sp³-hybridized carbons (Fsp3) is 0.143. The molecule has 6 nitrogen and oxygen atoms in total. The molecule has 0 aliphatic carbocycles. The number of carbonyl (C=O) groups excluding carboxylic acids is 2. The summed E-state index contributed by atoms with van der Waals surface area (Å²) in [5.74, 6) is -0.455. The molecule has 0 bridgehead atoms. The van der Waals surface area contributed by atoms with Gasteiger partial charge in [-0.05, 0) is 42.7 Å². The van der Waals surface area contributed by atoms with Crippen LogP contribution in [0.15, 0.2) is 46.9 Å². The highest BCUT2D eigenvalue weighted by atomic mass is 16.4. The molecule has 0 N–H and O–H groups in total. The standard InChI is InChI=1S/C21H17N3O3/c1-13-10-14(2)19-16(11-13)20(25)21(26)24(19)12-18-23-22-17(27-18)9-8-15-6-4-3-5-7-15/h3-11H,12H2,1-2H3/b9-8+. The summed E-state index contributed by atoms with van der Waals surface area (Å²) in [6.45, 7) is 3.84. The number of carbonyl (C=O) groups is 2. The zero-order chi connectivity index (χ0) is 19.0. The summed E-state index contributed by atoms with van der Waals surface area (Å²) in [6.07, 6.45) is 3.58. The minimum absolute atomic E-state index is 0.0631. The minimum Gasteiger partial charge on any atom is -0.419 e. The van der Waals surface area contributed by atoms with Crippen LogP contribution in [0.25, 0.3) is 12.2 Å². The van der Waals surface area contributed by atoms with Crippen LogP contribution in [0.1, 0.15) is 38.8 Å². The lowest BCUT2D eigenvalue weighted by molar-refractivity contribution is -0.114. The predicted molar refractivity (Wildman–Crippen MR) is 101 cm³/mol. The molecule has 0 saturated carbocycles. The van der Waals surface area contributed by atoms with Crippen molar-refractivity contribution in [1.29, 1.82) is 0 Å². The number of hydrogen-bond donors (Lipinski definition) is 0. The Bertz CT molecular complexity index is 1070. The van der Waals surface area contributed by atoms with Crippen molar-refractivity contribution in [3.8, 4) is 0 Å². The van der Waals surface area contributed by atoms with E-state index in [9.17, 15) is 9.59 Å². The van der Waals surface area contributed by atoms with Gasteiger partial charge >= 0.3 is 0 Å². The summed E-state index contributed by atoms with van der Waals surface area (Å²) in [6, 6.07) is 13.4. The number of aromatic nitrogens is 2. The molecule has 1 aromatic heterocycles. The highest BCUT2D eigenvalue weighted by Gasteiger charge is 2.37. The first-order chi connectivity index (χ1) is 13.0. The van der Waals surface area contributed by atoms with Crippen LogP contribution < -0.4 is 4.90 Å². The Hall–Kier alpha value is -3.54. The fourth-order valence-electron chi connectivity index (χ4n) is 3.25. The minimum atomic E-state index is -0.571. The van der Waals surface area contributed by atoms with E-state index in [1.165, 1.54) is 4.90 Å². The maximum absolute atomic E-state index is 12.4. The Kier molecular flexibility index (Phi) is 4.16. The topological polar surface area (TPSA) is 76.3 Å². The first-order valence-electron chi connectivity index (χ1n) is 8.56. The van der Waals surface area contributed by atoms with E-state index < -0.39 is 11.7 Å². The zero-order valence-corrected chi connectivity index (χ0v) is 15.0. The van der Waals surface area contributed by atoms with E-state index in [-0.39, 0.29) is 12.4 Å². The van der Waals surface area contributed by atoms with Crippen LogP contribution in [0.4, 0.5) is 5.69 Å². The number of aryl methyl sites for hydroxylation is 2.